The molecule has 0 fully saturated rings. The monoisotopic (exact) mass is 259 g/mol. The van der Waals surface area contributed by atoms with Gasteiger partial charge in [-0.2, -0.15) is 0 Å². The average Bonchev–Trinajstić information content (AvgIpc) is 2.73. The van der Waals surface area contributed by atoms with Crippen LogP contribution in [0.3, 0.4) is 0 Å². The van der Waals surface area contributed by atoms with E-state index < -0.39 is 4.92 Å². The van der Waals surface area contributed by atoms with E-state index in [-0.39, 0.29) is 23.5 Å². The fraction of sp³-hybridized carbons (Fsp3) is 0.500. The van der Waals surface area contributed by atoms with Crippen molar-refractivity contribution in [2.45, 2.75) is 19.9 Å². The van der Waals surface area contributed by atoms with Crippen molar-refractivity contribution in [2.75, 3.05) is 12.4 Å². The van der Waals surface area contributed by atoms with Gasteiger partial charge in [0.2, 0.25) is 0 Å². The van der Waals surface area contributed by atoms with Gasteiger partial charge in [0.25, 0.3) is 5.91 Å². The fourth-order valence-electron chi connectivity index (χ4n) is 1.45. The van der Waals surface area contributed by atoms with Gasteiger partial charge in [-0.25, -0.2) is 4.98 Å². The van der Waals surface area contributed by atoms with Crippen LogP contribution in [0.4, 0.5) is 5.82 Å². The number of carbonyl (C=O) groups excluding carboxylic acids is 1. The molecule has 0 atom stereocenters. The van der Waals surface area contributed by atoms with Gasteiger partial charge in [0.15, 0.2) is 5.69 Å². The zero-order chi connectivity index (χ0) is 13.0. The van der Waals surface area contributed by atoms with Crippen molar-refractivity contribution in [1.29, 1.82) is 0 Å². The third-order valence-corrected chi connectivity index (χ3v) is 2.48. The van der Waals surface area contributed by atoms with Crippen molar-refractivity contribution >= 4 is 23.3 Å². The van der Waals surface area contributed by atoms with Crippen LogP contribution in [-0.4, -0.2) is 39.2 Å². The number of hydrogen-bond acceptors (Lipinski definition) is 3. The van der Waals surface area contributed by atoms with Crippen molar-refractivity contribution in [3.05, 3.63) is 27.9 Å². The lowest BCUT2D eigenvalue weighted by Crippen LogP contribution is -2.38. The van der Waals surface area contributed by atoms with Gasteiger partial charge in [-0.15, -0.1) is 11.6 Å². The molecular weight excluding hydrogens is 246 g/mol. The molecule has 0 saturated carbocycles. The van der Waals surface area contributed by atoms with Gasteiger partial charge in [0.05, 0.1) is 0 Å². The van der Waals surface area contributed by atoms with Crippen molar-refractivity contribution in [2.24, 2.45) is 0 Å². The Morgan fingerprint density at radius 1 is 1.59 bits per heavy atom. The van der Waals surface area contributed by atoms with Gasteiger partial charge in [-0.1, -0.05) is 0 Å². The lowest BCUT2D eigenvalue weighted by molar-refractivity contribution is -0.389. The van der Waals surface area contributed by atoms with E-state index in [0.29, 0.717) is 12.4 Å². The van der Waals surface area contributed by atoms with Crippen LogP contribution in [0.25, 0.3) is 0 Å². The molecule has 1 N–H and O–H groups in total. The second kappa shape index (κ2) is 5.67. The van der Waals surface area contributed by atoms with Gasteiger partial charge < -0.3 is 15.0 Å². The van der Waals surface area contributed by atoms with E-state index in [4.69, 9.17) is 11.6 Å². The predicted octanol–water partition coefficient (Wildman–Crippen LogP) is 2.01. The van der Waals surface area contributed by atoms with E-state index in [1.165, 1.54) is 12.1 Å². The lowest BCUT2D eigenvalue weighted by atomic mass is 10.3. The molecule has 1 amide bonds. The molecule has 7 heteroatoms. The Balaban J connectivity index is 2.89. The number of aromatic amines is 1. The number of halogens is 1. The van der Waals surface area contributed by atoms with Crippen molar-refractivity contribution in [3.63, 3.8) is 0 Å². The number of hydrogen-bond donors (Lipinski definition) is 1. The lowest BCUT2D eigenvalue weighted by Gasteiger charge is -2.24. The highest BCUT2D eigenvalue weighted by atomic mass is 35.5. The number of alkyl halides is 1. The Morgan fingerprint density at radius 3 is 2.65 bits per heavy atom. The molecule has 17 heavy (non-hydrogen) atoms. The first-order valence-electron chi connectivity index (χ1n) is 5.17. The summed E-state index contributed by atoms with van der Waals surface area (Å²) in [7, 11) is 0. The minimum Gasteiger partial charge on any atom is -0.358 e. The van der Waals surface area contributed by atoms with Crippen LogP contribution in [-0.2, 0) is 0 Å². The molecule has 0 unspecified atom stereocenters. The minimum atomic E-state index is -0.571. The summed E-state index contributed by atoms with van der Waals surface area (Å²) in [4.78, 5) is 26.0. The van der Waals surface area contributed by atoms with E-state index in [9.17, 15) is 14.9 Å². The van der Waals surface area contributed by atoms with Gasteiger partial charge in [-0.05, 0) is 24.8 Å². The molecule has 1 heterocycles. The second-order valence-corrected chi connectivity index (χ2v) is 4.17. The number of rotatable bonds is 5. The summed E-state index contributed by atoms with van der Waals surface area (Å²) in [5.41, 5.74) is 0.204. The Kier molecular flexibility index (Phi) is 4.51. The third-order valence-electron chi connectivity index (χ3n) is 2.31. The Morgan fingerprint density at radius 2 is 2.24 bits per heavy atom. The molecule has 0 aliphatic heterocycles. The number of carbonyl (C=O) groups is 1. The molecule has 1 aromatic heterocycles. The molecular formula is C10H14ClN3O3. The maximum absolute atomic E-state index is 12.0. The summed E-state index contributed by atoms with van der Waals surface area (Å²) in [6, 6.07) is 2.67. The molecule has 6 nitrogen and oxygen atoms in total. The zero-order valence-corrected chi connectivity index (χ0v) is 10.4. The maximum Gasteiger partial charge on any atom is 0.321 e. The summed E-state index contributed by atoms with van der Waals surface area (Å²) in [6.45, 7) is 4.13. The van der Waals surface area contributed by atoms with Crippen LogP contribution in [0.2, 0.25) is 0 Å². The van der Waals surface area contributed by atoms with Crippen LogP contribution < -0.4 is 0 Å². The smallest absolute Gasteiger partial charge is 0.321 e. The van der Waals surface area contributed by atoms with Crippen LogP contribution in [0, 0.1) is 10.1 Å². The molecule has 0 spiro atoms. The standard InChI is InChI=1S/C10H14ClN3O3/c1-7(2)13(6-5-11)10(15)8-3-4-9(12-8)14(16)17/h3-4,7,12H,5-6H2,1-2H3. The number of amides is 1. The highest BCUT2D eigenvalue weighted by Gasteiger charge is 2.23. The first kappa shape index (κ1) is 13.5. The van der Waals surface area contributed by atoms with Gasteiger partial charge in [-0.3, -0.25) is 4.79 Å². The summed E-state index contributed by atoms with van der Waals surface area (Å²) in [6.07, 6.45) is 0. The molecule has 0 bridgehead atoms. The van der Waals surface area contributed by atoms with E-state index in [0.717, 1.165) is 0 Å². The molecule has 94 valence electrons. The topological polar surface area (TPSA) is 79.2 Å². The SMILES string of the molecule is CC(C)N(CCCl)C(=O)c1ccc([N+](=O)[O-])[nH]1. The first-order valence-corrected chi connectivity index (χ1v) is 5.71. The number of nitrogens with one attached hydrogen (secondary N) is 1. The first-order chi connectivity index (χ1) is 7.97. The normalized spacial score (nSPS) is 10.6. The summed E-state index contributed by atoms with van der Waals surface area (Å²) >= 11 is 5.62. The molecule has 0 aliphatic carbocycles. The third kappa shape index (κ3) is 3.20. The van der Waals surface area contributed by atoms with Crippen molar-refractivity contribution < 1.29 is 9.72 Å². The van der Waals surface area contributed by atoms with Crippen LogP contribution in [0.5, 0.6) is 0 Å². The zero-order valence-electron chi connectivity index (χ0n) is 9.64. The van der Waals surface area contributed by atoms with E-state index in [2.05, 4.69) is 4.98 Å². The highest BCUT2D eigenvalue weighted by Crippen LogP contribution is 2.13. The number of nitro groups is 1. The van der Waals surface area contributed by atoms with E-state index in [1.807, 2.05) is 13.8 Å². The Bertz CT molecular complexity index is 417. The van der Waals surface area contributed by atoms with E-state index in [1.54, 1.807) is 4.90 Å². The van der Waals surface area contributed by atoms with Gasteiger partial charge >= 0.3 is 5.82 Å². The van der Waals surface area contributed by atoms with Crippen LogP contribution in [0.15, 0.2) is 12.1 Å². The van der Waals surface area contributed by atoms with Gasteiger partial charge in [0.1, 0.15) is 0 Å². The maximum atomic E-state index is 12.0. The van der Waals surface area contributed by atoms with Gasteiger partial charge in [0, 0.05) is 24.5 Å². The molecule has 0 saturated heterocycles. The quantitative estimate of drug-likeness (QED) is 0.499. The molecule has 0 aromatic carbocycles. The number of nitrogens with zero attached hydrogens (tertiary/aromatic N) is 2. The highest BCUT2D eigenvalue weighted by molar-refractivity contribution is 6.18. The molecule has 0 aliphatic rings. The Labute approximate surface area is 104 Å². The fourth-order valence-corrected chi connectivity index (χ4v) is 1.64. The minimum absolute atomic E-state index is 0.0105. The Hall–Kier alpha value is -1.56. The van der Waals surface area contributed by atoms with E-state index >= 15 is 0 Å². The predicted molar refractivity (Wildman–Crippen MR) is 64.3 cm³/mol. The average molecular weight is 260 g/mol. The summed E-state index contributed by atoms with van der Waals surface area (Å²) < 4.78 is 0. The summed E-state index contributed by atoms with van der Waals surface area (Å²) in [5.74, 6) is -0.149. The number of aromatic nitrogens is 1. The second-order valence-electron chi connectivity index (χ2n) is 3.80. The van der Waals surface area contributed by atoms with Crippen LogP contribution in [0.1, 0.15) is 24.3 Å². The molecule has 0 radical (unpaired) electrons. The molecule has 1 rings (SSSR count). The van der Waals surface area contributed by atoms with Crippen molar-refractivity contribution in [1.82, 2.24) is 9.88 Å². The summed E-state index contributed by atoms with van der Waals surface area (Å²) in [5, 5.41) is 10.5. The molecule has 1 aromatic rings. The largest absolute Gasteiger partial charge is 0.358 e. The van der Waals surface area contributed by atoms with Crippen LogP contribution >= 0.6 is 11.6 Å². The van der Waals surface area contributed by atoms with Crippen molar-refractivity contribution in [3.8, 4) is 0 Å². The number of H-pyrrole nitrogens is 1.